The molecule has 1 aliphatic rings. The lowest BCUT2D eigenvalue weighted by Crippen LogP contribution is -2.80. The van der Waals surface area contributed by atoms with E-state index in [-0.39, 0.29) is 0 Å². The highest BCUT2D eigenvalue weighted by Gasteiger charge is 2.59. The van der Waals surface area contributed by atoms with Gasteiger partial charge < -0.3 is 0 Å². The molecule has 0 saturated heterocycles. The van der Waals surface area contributed by atoms with E-state index in [9.17, 15) is 0 Å². The van der Waals surface area contributed by atoms with Crippen molar-refractivity contribution in [2.24, 2.45) is 0 Å². The maximum absolute atomic E-state index is 2.52. The number of aryl methyl sites for hydroxylation is 2. The molecule has 3 aromatic heterocycles. The van der Waals surface area contributed by atoms with Crippen LogP contribution in [0.2, 0.25) is 0 Å². The van der Waals surface area contributed by atoms with Gasteiger partial charge in [-0.25, -0.2) is 0 Å². The summed E-state index contributed by atoms with van der Waals surface area (Å²) in [5.41, 5.74) is 10.9. The van der Waals surface area contributed by atoms with E-state index in [0.29, 0.717) is 0 Å². The average Bonchev–Trinajstić information content (AvgIpc) is 3.02. The second kappa shape index (κ2) is 10.3. The Bertz CT molecular complexity index is 1890. The highest BCUT2D eigenvalue weighted by atomic mass is 15.3. The minimum atomic E-state index is -0.451. The third kappa shape index (κ3) is 4.25. The molecule has 41 heavy (non-hydrogen) atoms. The van der Waals surface area contributed by atoms with Crippen LogP contribution in [0.15, 0.2) is 146 Å². The minimum absolute atomic E-state index is 0.451. The lowest BCUT2D eigenvalue weighted by molar-refractivity contribution is -1.02. The van der Waals surface area contributed by atoms with E-state index in [2.05, 4.69) is 174 Å². The lowest BCUT2D eigenvalue weighted by atomic mass is 9.87. The summed E-state index contributed by atoms with van der Waals surface area (Å²) in [4.78, 5) is 0. The molecule has 0 amide bonds. The van der Waals surface area contributed by atoms with Gasteiger partial charge in [0, 0.05) is 47.5 Å². The molecule has 0 N–H and O–H groups in total. The molecule has 3 aromatic carbocycles. The first kappa shape index (κ1) is 25.1. The van der Waals surface area contributed by atoms with Crippen molar-refractivity contribution in [3.05, 3.63) is 163 Å². The fourth-order valence-corrected chi connectivity index (χ4v) is 6.63. The number of benzene rings is 3. The molecule has 1 aliphatic heterocycles. The number of fused-ring (bicyclic) bond motifs is 3. The molecule has 0 spiro atoms. The molecule has 0 aliphatic carbocycles. The summed E-state index contributed by atoms with van der Waals surface area (Å²) in [5, 5.41) is 0. The van der Waals surface area contributed by atoms with Crippen molar-refractivity contribution < 1.29 is 13.7 Å². The highest BCUT2D eigenvalue weighted by Crippen LogP contribution is 2.33. The van der Waals surface area contributed by atoms with Gasteiger partial charge in [0.2, 0.25) is 17.1 Å². The van der Waals surface area contributed by atoms with Crippen molar-refractivity contribution in [1.82, 2.24) is 0 Å². The summed E-state index contributed by atoms with van der Waals surface area (Å²) < 4.78 is 7.48. The summed E-state index contributed by atoms with van der Waals surface area (Å²) in [6.07, 6.45) is 7.64. The van der Waals surface area contributed by atoms with E-state index in [1.165, 1.54) is 50.5 Å². The molecule has 3 nitrogen and oxygen atoms in total. The van der Waals surface area contributed by atoms with Crippen molar-refractivity contribution in [3.8, 4) is 33.8 Å². The van der Waals surface area contributed by atoms with Gasteiger partial charge in [0.1, 0.15) is 6.42 Å². The topological polar surface area (TPSA) is 11.6 Å². The smallest absolute Gasteiger partial charge is 0.184 e. The number of aromatic nitrogens is 3. The normalized spacial score (nSPS) is 15.7. The van der Waals surface area contributed by atoms with E-state index in [1.807, 2.05) is 0 Å². The van der Waals surface area contributed by atoms with Gasteiger partial charge in [-0.05, 0) is 66.9 Å². The standard InChI is InChI=1S/C38H34N3/c1-29-15-3-6-18-32(29)35-21-9-12-24-39(35)28-38(40-25-13-10-22-36(40)33-19-7-4-16-30(33)2)27-31-17-5-8-20-34(31)37-23-11-14-26-41(37)38/h3-26H,27-28H2,1-2H3/q+3. The first-order valence-corrected chi connectivity index (χ1v) is 14.4. The van der Waals surface area contributed by atoms with Crippen LogP contribution in [0.25, 0.3) is 33.8 Å². The molecule has 3 heteroatoms. The summed E-state index contributed by atoms with van der Waals surface area (Å²) >= 11 is 0. The van der Waals surface area contributed by atoms with Crippen molar-refractivity contribution in [2.75, 3.05) is 0 Å². The Morgan fingerprint density at radius 1 is 0.488 bits per heavy atom. The second-order valence-electron chi connectivity index (χ2n) is 11.1. The van der Waals surface area contributed by atoms with Crippen LogP contribution in [0.4, 0.5) is 0 Å². The van der Waals surface area contributed by atoms with Crippen LogP contribution in [0.1, 0.15) is 16.7 Å². The van der Waals surface area contributed by atoms with Crippen LogP contribution < -0.4 is 13.7 Å². The Balaban J connectivity index is 1.53. The van der Waals surface area contributed by atoms with Crippen molar-refractivity contribution in [2.45, 2.75) is 32.5 Å². The zero-order valence-electron chi connectivity index (χ0n) is 23.6. The fourth-order valence-electron chi connectivity index (χ4n) is 6.63. The van der Waals surface area contributed by atoms with Gasteiger partial charge in [-0.1, -0.05) is 54.6 Å². The minimum Gasteiger partial charge on any atom is -0.184 e. The molecule has 1 atom stereocenters. The molecule has 7 rings (SSSR count). The van der Waals surface area contributed by atoms with Crippen molar-refractivity contribution >= 4 is 0 Å². The predicted octanol–water partition coefficient (Wildman–Crippen LogP) is 6.62. The fraction of sp³-hybridized carbons (Fsp3) is 0.132. The van der Waals surface area contributed by atoms with Crippen molar-refractivity contribution in [1.29, 1.82) is 0 Å². The van der Waals surface area contributed by atoms with Crippen LogP contribution in [-0.2, 0) is 18.6 Å². The van der Waals surface area contributed by atoms with E-state index in [1.54, 1.807) is 0 Å². The Morgan fingerprint density at radius 2 is 0.951 bits per heavy atom. The van der Waals surface area contributed by atoms with Crippen LogP contribution in [0.3, 0.4) is 0 Å². The molecule has 0 saturated carbocycles. The Morgan fingerprint density at radius 3 is 1.59 bits per heavy atom. The van der Waals surface area contributed by atoms with Crippen LogP contribution in [0.5, 0.6) is 0 Å². The van der Waals surface area contributed by atoms with Gasteiger partial charge in [-0.2, -0.15) is 4.57 Å². The van der Waals surface area contributed by atoms with Gasteiger partial charge in [-0.15, -0.1) is 9.13 Å². The molecule has 0 bridgehead atoms. The number of pyridine rings is 3. The van der Waals surface area contributed by atoms with E-state index in [4.69, 9.17) is 0 Å². The van der Waals surface area contributed by atoms with Gasteiger partial charge in [0.05, 0.1) is 5.56 Å². The number of nitrogens with zero attached hydrogens (tertiary/aromatic N) is 3. The van der Waals surface area contributed by atoms with Crippen LogP contribution in [-0.4, -0.2) is 0 Å². The molecule has 4 heterocycles. The first-order chi connectivity index (χ1) is 20.2. The van der Waals surface area contributed by atoms with Gasteiger partial charge in [-0.3, -0.25) is 0 Å². The van der Waals surface area contributed by atoms with Crippen molar-refractivity contribution in [3.63, 3.8) is 0 Å². The zero-order chi connectivity index (χ0) is 27.8. The summed E-state index contributed by atoms with van der Waals surface area (Å²) in [6, 6.07) is 46.0. The van der Waals surface area contributed by atoms with Crippen LogP contribution in [0, 0.1) is 13.8 Å². The molecule has 0 radical (unpaired) electrons. The zero-order valence-corrected chi connectivity index (χ0v) is 23.6. The molecule has 0 fully saturated rings. The average molecular weight is 533 g/mol. The second-order valence-corrected chi connectivity index (χ2v) is 11.1. The summed E-state index contributed by atoms with van der Waals surface area (Å²) in [5.74, 6) is 0. The quantitative estimate of drug-likeness (QED) is 0.221. The first-order valence-electron chi connectivity index (χ1n) is 14.4. The SMILES string of the molecule is Cc1ccccc1-c1cccc[n+]1CC1([n+]2ccccc2-c2ccccc2C)Cc2ccccc2-c2cccc[n+]21. The number of hydrogen-bond acceptors (Lipinski definition) is 0. The van der Waals surface area contributed by atoms with E-state index in [0.717, 1.165) is 13.0 Å². The maximum atomic E-state index is 2.52. The molecule has 6 aromatic rings. The molecule has 198 valence electrons. The van der Waals surface area contributed by atoms with E-state index >= 15 is 0 Å². The maximum Gasteiger partial charge on any atom is 0.425 e. The Labute approximate surface area is 242 Å². The number of hydrogen-bond donors (Lipinski definition) is 0. The largest absolute Gasteiger partial charge is 0.425 e. The van der Waals surface area contributed by atoms with Gasteiger partial charge in [0.15, 0.2) is 18.6 Å². The monoisotopic (exact) mass is 532 g/mol. The summed E-state index contributed by atoms with van der Waals surface area (Å²) in [7, 11) is 0. The van der Waals surface area contributed by atoms with E-state index < -0.39 is 5.66 Å². The molecule has 1 unspecified atom stereocenters. The predicted molar refractivity (Wildman–Crippen MR) is 163 cm³/mol. The highest BCUT2D eigenvalue weighted by molar-refractivity contribution is 5.63. The van der Waals surface area contributed by atoms with Crippen LogP contribution >= 0.6 is 0 Å². The summed E-state index contributed by atoms with van der Waals surface area (Å²) in [6.45, 7) is 5.16. The van der Waals surface area contributed by atoms with Gasteiger partial charge >= 0.3 is 5.66 Å². The Hall–Kier alpha value is -4.89. The lowest BCUT2D eigenvalue weighted by Gasteiger charge is -2.29. The molecular weight excluding hydrogens is 498 g/mol. The third-order valence-electron chi connectivity index (χ3n) is 8.59. The third-order valence-corrected chi connectivity index (χ3v) is 8.59. The molecular formula is C38H34N3+3. The van der Waals surface area contributed by atoms with Gasteiger partial charge in [0.25, 0.3) is 6.54 Å². The Kier molecular flexibility index (Phi) is 6.28. The number of rotatable bonds is 5.